The summed E-state index contributed by atoms with van der Waals surface area (Å²) in [5.41, 5.74) is 4.00. The number of amides is 1. The zero-order valence-electron chi connectivity index (χ0n) is 18.8. The highest BCUT2D eigenvalue weighted by Crippen LogP contribution is 2.24. The molecule has 1 saturated heterocycles. The Morgan fingerprint density at radius 3 is 2.47 bits per heavy atom. The minimum absolute atomic E-state index is 0.171. The summed E-state index contributed by atoms with van der Waals surface area (Å²) in [6, 6.07) is 19.7. The van der Waals surface area contributed by atoms with Crippen LogP contribution < -0.4 is 10.3 Å². The number of pyridine rings is 1. The van der Waals surface area contributed by atoms with Crippen LogP contribution in [0.2, 0.25) is 0 Å². The summed E-state index contributed by atoms with van der Waals surface area (Å²) in [5, 5.41) is 0. The predicted octanol–water partition coefficient (Wildman–Crippen LogP) is 4.84. The molecule has 166 valence electrons. The molecule has 4 rings (SSSR count). The van der Waals surface area contributed by atoms with Crippen LogP contribution in [0.5, 0.6) is 5.75 Å². The van der Waals surface area contributed by atoms with Gasteiger partial charge in [-0.05, 0) is 80.0 Å². The third-order valence-corrected chi connectivity index (χ3v) is 6.37. The van der Waals surface area contributed by atoms with E-state index in [1.165, 1.54) is 5.56 Å². The Morgan fingerprint density at radius 1 is 1.06 bits per heavy atom. The van der Waals surface area contributed by atoms with Crippen molar-refractivity contribution in [2.45, 2.75) is 32.6 Å². The molecule has 0 saturated carbocycles. The van der Waals surface area contributed by atoms with Crippen molar-refractivity contribution in [3.05, 3.63) is 87.7 Å². The van der Waals surface area contributed by atoms with Crippen LogP contribution in [-0.2, 0) is 6.42 Å². The van der Waals surface area contributed by atoms with Crippen molar-refractivity contribution in [2.24, 2.45) is 5.92 Å². The van der Waals surface area contributed by atoms with Gasteiger partial charge in [-0.3, -0.25) is 9.59 Å². The molecular weight excluding hydrogens is 400 g/mol. The number of rotatable bonds is 6. The average Bonchev–Trinajstić information content (AvgIpc) is 2.83. The van der Waals surface area contributed by atoms with E-state index >= 15 is 0 Å². The van der Waals surface area contributed by atoms with Gasteiger partial charge >= 0.3 is 0 Å². The molecule has 0 aliphatic carbocycles. The van der Waals surface area contributed by atoms with Crippen LogP contribution >= 0.6 is 0 Å². The lowest BCUT2D eigenvalue weighted by atomic mass is 9.90. The Hall–Kier alpha value is -3.34. The number of nitrogens with zero attached hydrogens (tertiary/aromatic N) is 1. The first kappa shape index (κ1) is 21.9. The molecule has 5 nitrogen and oxygen atoms in total. The van der Waals surface area contributed by atoms with Crippen molar-refractivity contribution >= 4 is 5.91 Å². The molecule has 0 spiro atoms. The van der Waals surface area contributed by atoms with Crippen LogP contribution in [-0.4, -0.2) is 36.0 Å². The second-order valence-corrected chi connectivity index (χ2v) is 8.61. The zero-order valence-corrected chi connectivity index (χ0v) is 18.8. The van der Waals surface area contributed by atoms with E-state index in [-0.39, 0.29) is 17.0 Å². The predicted molar refractivity (Wildman–Crippen MR) is 127 cm³/mol. The molecule has 1 aromatic heterocycles. The van der Waals surface area contributed by atoms with Crippen LogP contribution in [0.25, 0.3) is 11.3 Å². The third kappa shape index (κ3) is 5.10. The van der Waals surface area contributed by atoms with E-state index in [1.54, 1.807) is 13.2 Å². The Bertz CT molecular complexity index is 1130. The standard InChI is InChI=1S/C27H30N2O3/c1-19-4-3-5-22(18-19)25-13-12-24(26(30)28-25)27(31)29-16-14-21(15-17-29)7-6-20-8-10-23(32-2)11-9-20/h3-5,8-13,18,21H,6-7,14-17H2,1-2H3,(H,28,30). The quantitative estimate of drug-likeness (QED) is 0.608. The number of carbonyl (C=O) groups is 1. The number of likely N-dealkylation sites (tertiary alicyclic amines) is 1. The third-order valence-electron chi connectivity index (χ3n) is 6.37. The Balaban J connectivity index is 1.33. The fourth-order valence-corrected chi connectivity index (χ4v) is 4.38. The second kappa shape index (κ2) is 9.86. The van der Waals surface area contributed by atoms with Gasteiger partial charge in [0.25, 0.3) is 11.5 Å². The summed E-state index contributed by atoms with van der Waals surface area (Å²) in [4.78, 5) is 30.3. The largest absolute Gasteiger partial charge is 0.497 e. The second-order valence-electron chi connectivity index (χ2n) is 8.61. The summed E-state index contributed by atoms with van der Waals surface area (Å²) in [7, 11) is 1.68. The molecule has 0 atom stereocenters. The Labute approximate surface area is 189 Å². The van der Waals surface area contributed by atoms with Gasteiger partial charge in [-0.25, -0.2) is 0 Å². The van der Waals surface area contributed by atoms with Gasteiger partial charge in [0.2, 0.25) is 0 Å². The highest BCUT2D eigenvalue weighted by Gasteiger charge is 2.25. The van der Waals surface area contributed by atoms with Gasteiger partial charge in [-0.2, -0.15) is 0 Å². The number of ether oxygens (including phenoxy) is 1. The molecular formula is C27H30N2O3. The molecule has 32 heavy (non-hydrogen) atoms. The highest BCUT2D eigenvalue weighted by atomic mass is 16.5. The van der Waals surface area contributed by atoms with E-state index in [9.17, 15) is 9.59 Å². The van der Waals surface area contributed by atoms with Crippen LogP contribution in [0, 0.1) is 12.8 Å². The molecule has 1 aliphatic heterocycles. The molecule has 3 aromatic rings. The van der Waals surface area contributed by atoms with E-state index < -0.39 is 0 Å². The topological polar surface area (TPSA) is 62.4 Å². The number of hydrogen-bond donors (Lipinski definition) is 1. The first-order valence-corrected chi connectivity index (χ1v) is 11.3. The fraction of sp³-hybridized carbons (Fsp3) is 0.333. The summed E-state index contributed by atoms with van der Waals surface area (Å²) in [6.45, 7) is 3.41. The van der Waals surface area contributed by atoms with Crippen molar-refractivity contribution in [3.8, 4) is 17.0 Å². The maximum Gasteiger partial charge on any atom is 0.261 e. The summed E-state index contributed by atoms with van der Waals surface area (Å²) in [5.74, 6) is 1.31. The maximum absolute atomic E-state index is 13.0. The monoisotopic (exact) mass is 430 g/mol. The normalized spacial score (nSPS) is 14.4. The van der Waals surface area contributed by atoms with Crippen molar-refractivity contribution in [3.63, 3.8) is 0 Å². The summed E-state index contributed by atoms with van der Waals surface area (Å²) in [6.07, 6.45) is 4.09. The van der Waals surface area contributed by atoms with E-state index in [0.29, 0.717) is 19.0 Å². The van der Waals surface area contributed by atoms with Crippen molar-refractivity contribution in [1.29, 1.82) is 0 Å². The van der Waals surface area contributed by atoms with Crippen LogP contribution in [0.15, 0.2) is 65.5 Å². The lowest BCUT2D eigenvalue weighted by Crippen LogP contribution is -2.40. The van der Waals surface area contributed by atoms with Gasteiger partial charge in [0, 0.05) is 18.8 Å². The summed E-state index contributed by atoms with van der Waals surface area (Å²) >= 11 is 0. The van der Waals surface area contributed by atoms with Gasteiger partial charge < -0.3 is 14.6 Å². The first-order chi connectivity index (χ1) is 15.5. The highest BCUT2D eigenvalue weighted by molar-refractivity contribution is 5.94. The average molecular weight is 431 g/mol. The van der Waals surface area contributed by atoms with Gasteiger partial charge in [0.05, 0.1) is 7.11 Å². The lowest BCUT2D eigenvalue weighted by Gasteiger charge is -2.32. The van der Waals surface area contributed by atoms with Crippen LogP contribution in [0.1, 0.15) is 40.7 Å². The van der Waals surface area contributed by atoms with Gasteiger partial charge in [0.1, 0.15) is 11.3 Å². The van der Waals surface area contributed by atoms with Crippen LogP contribution in [0.4, 0.5) is 0 Å². The SMILES string of the molecule is COc1ccc(CCC2CCN(C(=O)c3ccc(-c4cccc(C)c4)[nH]c3=O)CC2)cc1. The van der Waals surface area contributed by atoms with E-state index in [4.69, 9.17) is 4.74 Å². The van der Waals surface area contributed by atoms with Crippen LogP contribution in [0.3, 0.4) is 0 Å². The molecule has 2 heterocycles. The van der Waals surface area contributed by atoms with Crippen molar-refractivity contribution < 1.29 is 9.53 Å². The number of H-pyrrole nitrogens is 1. The molecule has 0 bridgehead atoms. The van der Waals surface area contributed by atoms with Gasteiger partial charge in [-0.1, -0.05) is 35.9 Å². The fourth-order valence-electron chi connectivity index (χ4n) is 4.38. The Kier molecular flexibility index (Phi) is 6.74. The Morgan fingerprint density at radius 2 is 1.81 bits per heavy atom. The molecule has 5 heteroatoms. The minimum Gasteiger partial charge on any atom is -0.497 e. The molecule has 1 amide bonds. The lowest BCUT2D eigenvalue weighted by molar-refractivity contribution is 0.0685. The van der Waals surface area contributed by atoms with E-state index in [1.807, 2.05) is 54.3 Å². The van der Waals surface area contributed by atoms with Gasteiger partial charge in [0.15, 0.2) is 0 Å². The number of benzene rings is 2. The summed E-state index contributed by atoms with van der Waals surface area (Å²) < 4.78 is 5.21. The minimum atomic E-state index is -0.323. The maximum atomic E-state index is 13.0. The molecule has 2 aromatic carbocycles. The molecule has 1 fully saturated rings. The van der Waals surface area contributed by atoms with Gasteiger partial charge in [-0.15, -0.1) is 0 Å². The number of aryl methyl sites for hydroxylation is 2. The number of aromatic nitrogens is 1. The van der Waals surface area contributed by atoms with Crippen molar-refractivity contribution in [2.75, 3.05) is 20.2 Å². The van der Waals surface area contributed by atoms with Crippen molar-refractivity contribution in [1.82, 2.24) is 9.88 Å². The number of hydrogen-bond acceptors (Lipinski definition) is 3. The van der Waals surface area contributed by atoms with E-state index in [0.717, 1.165) is 48.3 Å². The molecule has 0 radical (unpaired) electrons. The smallest absolute Gasteiger partial charge is 0.261 e. The molecule has 1 aliphatic rings. The number of carbonyl (C=O) groups excluding carboxylic acids is 1. The first-order valence-electron chi connectivity index (χ1n) is 11.3. The molecule has 1 N–H and O–H groups in total. The number of methoxy groups -OCH3 is 1. The number of piperidine rings is 1. The zero-order chi connectivity index (χ0) is 22.5. The van der Waals surface area contributed by atoms with E-state index in [2.05, 4.69) is 17.1 Å². The molecule has 0 unspecified atom stereocenters. The number of nitrogens with one attached hydrogen (secondary N) is 1. The number of aromatic amines is 1.